The number of hydrogen-bond acceptors (Lipinski definition) is 6. The fraction of sp³-hybridized carbons (Fsp3) is 0.375. The van der Waals surface area contributed by atoms with Crippen molar-refractivity contribution in [1.29, 1.82) is 0 Å². The minimum absolute atomic E-state index is 0.101. The highest BCUT2D eigenvalue weighted by molar-refractivity contribution is 5.52. The Labute approximate surface area is 189 Å². The Kier molecular flexibility index (Phi) is 7.02. The van der Waals surface area contributed by atoms with Crippen LogP contribution in [0.2, 0.25) is 0 Å². The third-order valence-corrected chi connectivity index (χ3v) is 6.19. The fourth-order valence-corrected chi connectivity index (χ4v) is 4.42. The molecule has 0 radical (unpaired) electrons. The van der Waals surface area contributed by atoms with Gasteiger partial charge in [0, 0.05) is 55.0 Å². The highest BCUT2D eigenvalue weighted by Crippen LogP contribution is 2.35. The summed E-state index contributed by atoms with van der Waals surface area (Å²) in [4.78, 5) is 13.0. The minimum Gasteiger partial charge on any atom is -0.396 e. The first-order chi connectivity index (χ1) is 15.8. The molecule has 0 saturated heterocycles. The average molecular weight is 458 g/mol. The van der Waals surface area contributed by atoms with Gasteiger partial charge in [0.1, 0.15) is 0 Å². The summed E-state index contributed by atoms with van der Waals surface area (Å²) in [6, 6.07) is 10.4. The van der Waals surface area contributed by atoms with Crippen molar-refractivity contribution in [2.24, 2.45) is 11.8 Å². The average Bonchev–Trinajstić information content (AvgIpc) is 3.12. The molecule has 1 fully saturated rings. The van der Waals surface area contributed by atoms with E-state index in [0.29, 0.717) is 30.8 Å². The van der Waals surface area contributed by atoms with Crippen molar-refractivity contribution in [2.75, 3.05) is 6.61 Å². The third kappa shape index (κ3) is 5.55. The van der Waals surface area contributed by atoms with E-state index in [-0.39, 0.29) is 24.5 Å². The summed E-state index contributed by atoms with van der Waals surface area (Å²) in [7, 11) is 0. The molecule has 0 unspecified atom stereocenters. The molecule has 2 aromatic heterocycles. The number of benzene rings is 1. The van der Waals surface area contributed by atoms with Crippen molar-refractivity contribution in [3.63, 3.8) is 0 Å². The first kappa shape index (κ1) is 23.3. The molecule has 1 saturated carbocycles. The van der Waals surface area contributed by atoms with Crippen LogP contribution in [0.3, 0.4) is 0 Å². The van der Waals surface area contributed by atoms with Crippen LogP contribution in [0.5, 0.6) is 0 Å². The second kappa shape index (κ2) is 9.94. The summed E-state index contributed by atoms with van der Waals surface area (Å²) in [6.07, 6.45) is 0.946. The van der Waals surface area contributed by atoms with Crippen LogP contribution < -0.4 is 5.32 Å². The lowest BCUT2D eigenvalue weighted by Gasteiger charge is -2.25. The van der Waals surface area contributed by atoms with Crippen molar-refractivity contribution < 1.29 is 23.4 Å². The van der Waals surface area contributed by atoms with E-state index in [1.54, 1.807) is 18.6 Å². The molecule has 174 valence electrons. The van der Waals surface area contributed by atoms with Crippen molar-refractivity contribution >= 4 is 0 Å². The van der Waals surface area contributed by atoms with Crippen molar-refractivity contribution in [2.45, 2.75) is 37.7 Å². The number of rotatable bonds is 7. The van der Waals surface area contributed by atoms with Crippen LogP contribution in [-0.4, -0.2) is 43.9 Å². The number of nitrogens with one attached hydrogen (secondary N) is 1. The Bertz CT molecular complexity index is 1050. The molecule has 1 aromatic carbocycles. The quantitative estimate of drug-likeness (QED) is 0.504. The molecular weight excluding hydrogens is 433 g/mol. The van der Waals surface area contributed by atoms with E-state index in [9.17, 15) is 23.4 Å². The summed E-state index contributed by atoms with van der Waals surface area (Å²) in [6.45, 7) is 0.194. The van der Waals surface area contributed by atoms with Crippen LogP contribution in [-0.2, 0) is 19.1 Å². The zero-order chi connectivity index (χ0) is 23.4. The molecule has 9 heteroatoms. The molecule has 3 N–H and O–H groups in total. The zero-order valence-electron chi connectivity index (χ0n) is 17.8. The van der Waals surface area contributed by atoms with Gasteiger partial charge in [-0.25, -0.2) is 9.97 Å². The number of halogens is 3. The maximum atomic E-state index is 12.8. The van der Waals surface area contributed by atoms with Gasteiger partial charge in [-0.1, -0.05) is 12.1 Å². The van der Waals surface area contributed by atoms with Gasteiger partial charge in [-0.2, -0.15) is 13.2 Å². The van der Waals surface area contributed by atoms with Gasteiger partial charge < -0.3 is 15.5 Å². The van der Waals surface area contributed by atoms with Crippen LogP contribution in [0.1, 0.15) is 23.2 Å². The Morgan fingerprint density at radius 2 is 1.82 bits per heavy atom. The minimum atomic E-state index is -4.37. The van der Waals surface area contributed by atoms with Gasteiger partial charge >= 0.3 is 6.18 Å². The molecule has 4 rings (SSSR count). The van der Waals surface area contributed by atoms with Crippen molar-refractivity contribution in [3.05, 3.63) is 77.9 Å². The second-order valence-electron chi connectivity index (χ2n) is 8.31. The molecule has 4 atom stereocenters. The smallest absolute Gasteiger partial charge is 0.396 e. The maximum Gasteiger partial charge on any atom is 0.416 e. The summed E-state index contributed by atoms with van der Waals surface area (Å²) in [5, 5.41) is 23.8. The lowest BCUT2D eigenvalue weighted by Crippen LogP contribution is -2.36. The number of pyridine rings is 1. The van der Waals surface area contributed by atoms with Crippen LogP contribution in [0.25, 0.3) is 11.4 Å². The SMILES string of the molecule is OC[C@@H]1[C@@H](Cc2ccnc(-c3cccnc3)n2)[C@H](NCc2ccc(C(F)(F)F)cc2)C[C@H]1O. The van der Waals surface area contributed by atoms with Crippen LogP contribution >= 0.6 is 0 Å². The predicted octanol–water partition coefficient (Wildman–Crippen LogP) is 3.25. The van der Waals surface area contributed by atoms with Gasteiger partial charge in [-0.05, 0) is 54.7 Å². The van der Waals surface area contributed by atoms with Crippen molar-refractivity contribution in [1.82, 2.24) is 20.3 Å². The van der Waals surface area contributed by atoms with Crippen molar-refractivity contribution in [3.8, 4) is 11.4 Å². The van der Waals surface area contributed by atoms with E-state index in [1.807, 2.05) is 18.2 Å². The monoisotopic (exact) mass is 458 g/mol. The normalized spacial score (nSPS) is 23.1. The summed E-state index contributed by atoms with van der Waals surface area (Å²) in [5.74, 6) is 0.122. The first-order valence-electron chi connectivity index (χ1n) is 10.8. The van der Waals surface area contributed by atoms with Crippen LogP contribution in [0.4, 0.5) is 13.2 Å². The number of aromatic nitrogens is 3. The standard InChI is InChI=1S/C24H25F3N4O2/c25-24(26,27)17-5-3-15(4-6-17)12-30-21-11-22(33)20(14-32)19(21)10-18-7-9-29-23(31-18)16-2-1-8-28-13-16/h1-9,13,19-22,30,32-33H,10-12,14H2/t19-,20-,21-,22-/m1/s1. The van der Waals surface area contributed by atoms with Gasteiger partial charge in [0.25, 0.3) is 0 Å². The van der Waals surface area contributed by atoms with Gasteiger partial charge in [0.05, 0.1) is 11.7 Å². The molecule has 0 spiro atoms. The largest absolute Gasteiger partial charge is 0.416 e. The first-order valence-corrected chi connectivity index (χ1v) is 10.8. The number of hydrogen-bond donors (Lipinski definition) is 3. The van der Waals surface area contributed by atoms with Crippen LogP contribution in [0, 0.1) is 11.8 Å². The Morgan fingerprint density at radius 3 is 2.48 bits per heavy atom. The van der Waals surface area contributed by atoms with E-state index >= 15 is 0 Å². The number of aliphatic hydroxyl groups excluding tert-OH is 2. The maximum absolute atomic E-state index is 12.8. The van der Waals surface area contributed by atoms with Gasteiger partial charge in [0.15, 0.2) is 5.82 Å². The molecule has 0 amide bonds. The molecule has 6 nitrogen and oxygen atoms in total. The lowest BCUT2D eigenvalue weighted by molar-refractivity contribution is -0.137. The van der Waals surface area contributed by atoms with Gasteiger partial charge in [-0.15, -0.1) is 0 Å². The molecule has 33 heavy (non-hydrogen) atoms. The highest BCUT2D eigenvalue weighted by Gasteiger charge is 2.42. The molecule has 0 aliphatic heterocycles. The van der Waals surface area contributed by atoms with E-state index in [1.165, 1.54) is 12.1 Å². The van der Waals surface area contributed by atoms with E-state index in [2.05, 4.69) is 20.3 Å². The Morgan fingerprint density at radius 1 is 1.03 bits per heavy atom. The fourth-order valence-electron chi connectivity index (χ4n) is 4.42. The summed E-state index contributed by atoms with van der Waals surface area (Å²) < 4.78 is 38.4. The summed E-state index contributed by atoms with van der Waals surface area (Å²) >= 11 is 0. The van der Waals surface area contributed by atoms with E-state index in [0.717, 1.165) is 23.4 Å². The van der Waals surface area contributed by atoms with Crippen LogP contribution in [0.15, 0.2) is 61.1 Å². The third-order valence-electron chi connectivity index (χ3n) is 6.19. The Balaban J connectivity index is 1.47. The number of nitrogens with zero attached hydrogens (tertiary/aromatic N) is 3. The predicted molar refractivity (Wildman–Crippen MR) is 116 cm³/mol. The Hall–Kier alpha value is -2.88. The topological polar surface area (TPSA) is 91.2 Å². The number of alkyl halides is 3. The summed E-state index contributed by atoms with van der Waals surface area (Å²) in [5.41, 5.74) is 1.60. The van der Waals surface area contributed by atoms with Gasteiger partial charge in [-0.3, -0.25) is 4.98 Å². The molecule has 3 aromatic rings. The van der Waals surface area contributed by atoms with Gasteiger partial charge in [0.2, 0.25) is 0 Å². The van der Waals surface area contributed by atoms with E-state index < -0.39 is 17.8 Å². The lowest BCUT2D eigenvalue weighted by atomic mass is 9.88. The number of aliphatic hydroxyl groups is 2. The molecule has 2 heterocycles. The zero-order valence-corrected chi connectivity index (χ0v) is 17.8. The molecular formula is C24H25F3N4O2. The molecule has 0 bridgehead atoms. The highest BCUT2D eigenvalue weighted by atomic mass is 19.4. The molecule has 1 aliphatic carbocycles. The van der Waals surface area contributed by atoms with E-state index in [4.69, 9.17) is 0 Å². The molecule has 1 aliphatic rings. The second-order valence-corrected chi connectivity index (χ2v) is 8.31.